The van der Waals surface area contributed by atoms with Crippen LogP contribution >= 0.6 is 0 Å². The minimum Gasteiger partial charge on any atom is -0.479 e. The first kappa shape index (κ1) is 15.4. The molecule has 0 aliphatic carbocycles. The number of carboxylic acid groups (broad SMARTS) is 1. The molecule has 2 rings (SSSR count). The SMILES string of the molecule is CC1(C)CCN(C(=O)N[C@@H](C(=O)O)c2ccccc2)CC1. The summed E-state index contributed by atoms with van der Waals surface area (Å²) < 4.78 is 0. The van der Waals surface area contributed by atoms with E-state index >= 15 is 0 Å². The number of nitrogens with one attached hydrogen (secondary N) is 1. The highest BCUT2D eigenvalue weighted by Gasteiger charge is 2.30. The maximum atomic E-state index is 12.2. The van der Waals surface area contributed by atoms with E-state index in [1.807, 2.05) is 6.07 Å². The van der Waals surface area contributed by atoms with Gasteiger partial charge in [0.2, 0.25) is 0 Å². The van der Waals surface area contributed by atoms with Crippen LogP contribution in [0.5, 0.6) is 0 Å². The molecule has 0 aromatic heterocycles. The monoisotopic (exact) mass is 290 g/mol. The van der Waals surface area contributed by atoms with Crippen molar-refractivity contribution in [1.82, 2.24) is 10.2 Å². The van der Waals surface area contributed by atoms with Crippen molar-refractivity contribution in [2.75, 3.05) is 13.1 Å². The van der Waals surface area contributed by atoms with Gasteiger partial charge in [-0.2, -0.15) is 0 Å². The van der Waals surface area contributed by atoms with Gasteiger partial charge in [-0.05, 0) is 23.8 Å². The van der Waals surface area contributed by atoms with Crippen LogP contribution in [0.4, 0.5) is 4.79 Å². The second-order valence-electron chi connectivity index (χ2n) is 6.28. The molecule has 1 saturated heterocycles. The van der Waals surface area contributed by atoms with Gasteiger partial charge in [-0.15, -0.1) is 0 Å². The molecule has 0 saturated carbocycles. The lowest BCUT2D eigenvalue weighted by atomic mass is 9.83. The van der Waals surface area contributed by atoms with Gasteiger partial charge < -0.3 is 15.3 Å². The number of hydrogen-bond acceptors (Lipinski definition) is 2. The van der Waals surface area contributed by atoms with Crippen molar-refractivity contribution in [2.45, 2.75) is 32.7 Å². The van der Waals surface area contributed by atoms with E-state index in [1.54, 1.807) is 29.2 Å². The van der Waals surface area contributed by atoms with Gasteiger partial charge in [-0.1, -0.05) is 44.2 Å². The highest BCUT2D eigenvalue weighted by Crippen LogP contribution is 2.29. The Morgan fingerprint density at radius 1 is 1.19 bits per heavy atom. The lowest BCUT2D eigenvalue weighted by Gasteiger charge is -2.37. The standard InChI is InChI=1S/C16H22N2O3/c1-16(2)8-10-18(11-9-16)15(21)17-13(14(19)20)12-6-4-3-5-7-12/h3-7,13H,8-11H2,1-2H3,(H,17,21)(H,19,20)/t13-/m1/s1. The summed E-state index contributed by atoms with van der Waals surface area (Å²) in [6.07, 6.45) is 1.87. The summed E-state index contributed by atoms with van der Waals surface area (Å²) >= 11 is 0. The Hall–Kier alpha value is -2.04. The minimum atomic E-state index is -1.05. The molecule has 1 heterocycles. The molecule has 1 aliphatic heterocycles. The fourth-order valence-corrected chi connectivity index (χ4v) is 2.46. The topological polar surface area (TPSA) is 69.6 Å². The van der Waals surface area contributed by atoms with Crippen molar-refractivity contribution in [3.8, 4) is 0 Å². The van der Waals surface area contributed by atoms with Gasteiger partial charge in [0.15, 0.2) is 6.04 Å². The van der Waals surface area contributed by atoms with E-state index in [-0.39, 0.29) is 11.4 Å². The number of nitrogens with zero attached hydrogens (tertiary/aromatic N) is 1. The number of likely N-dealkylation sites (tertiary alicyclic amines) is 1. The number of amides is 2. The Morgan fingerprint density at radius 3 is 2.29 bits per heavy atom. The zero-order chi connectivity index (χ0) is 15.5. The summed E-state index contributed by atoms with van der Waals surface area (Å²) in [4.78, 5) is 25.3. The van der Waals surface area contributed by atoms with Gasteiger partial charge in [0.1, 0.15) is 0 Å². The highest BCUT2D eigenvalue weighted by atomic mass is 16.4. The predicted octanol–water partition coefficient (Wildman–Crippen LogP) is 2.64. The van der Waals surface area contributed by atoms with E-state index < -0.39 is 12.0 Å². The van der Waals surface area contributed by atoms with E-state index in [1.165, 1.54) is 0 Å². The quantitative estimate of drug-likeness (QED) is 0.899. The third-order valence-electron chi connectivity index (χ3n) is 4.05. The zero-order valence-electron chi connectivity index (χ0n) is 12.5. The maximum absolute atomic E-state index is 12.2. The van der Waals surface area contributed by atoms with Gasteiger partial charge in [0.05, 0.1) is 0 Å². The molecule has 21 heavy (non-hydrogen) atoms. The van der Waals surface area contributed by atoms with Crippen LogP contribution in [0.1, 0.15) is 38.3 Å². The van der Waals surface area contributed by atoms with Crippen molar-refractivity contribution in [1.29, 1.82) is 0 Å². The Morgan fingerprint density at radius 2 is 1.76 bits per heavy atom. The summed E-state index contributed by atoms with van der Waals surface area (Å²) in [6.45, 7) is 5.71. The molecule has 1 aromatic carbocycles. The number of carbonyl (C=O) groups excluding carboxylic acids is 1. The van der Waals surface area contributed by atoms with Crippen LogP contribution in [0, 0.1) is 5.41 Å². The van der Waals surface area contributed by atoms with Crippen molar-refractivity contribution >= 4 is 12.0 Å². The maximum Gasteiger partial charge on any atom is 0.330 e. The number of benzene rings is 1. The number of carbonyl (C=O) groups is 2. The van der Waals surface area contributed by atoms with E-state index in [0.29, 0.717) is 18.7 Å². The van der Waals surface area contributed by atoms with E-state index in [0.717, 1.165) is 12.8 Å². The highest BCUT2D eigenvalue weighted by molar-refractivity contribution is 5.83. The first-order chi connectivity index (χ1) is 9.89. The van der Waals surface area contributed by atoms with Crippen molar-refractivity contribution < 1.29 is 14.7 Å². The Labute approximate surface area is 125 Å². The van der Waals surface area contributed by atoms with Crippen LogP contribution in [-0.2, 0) is 4.79 Å². The lowest BCUT2D eigenvalue weighted by molar-refractivity contribution is -0.139. The van der Waals surface area contributed by atoms with E-state index in [9.17, 15) is 14.7 Å². The van der Waals surface area contributed by atoms with Crippen LogP contribution in [0.25, 0.3) is 0 Å². The zero-order valence-corrected chi connectivity index (χ0v) is 12.5. The molecular formula is C16H22N2O3. The smallest absolute Gasteiger partial charge is 0.330 e. The largest absolute Gasteiger partial charge is 0.479 e. The fraction of sp³-hybridized carbons (Fsp3) is 0.500. The molecule has 1 aliphatic rings. The molecule has 2 amide bonds. The molecule has 0 spiro atoms. The van der Waals surface area contributed by atoms with Crippen molar-refractivity contribution in [2.24, 2.45) is 5.41 Å². The summed E-state index contributed by atoms with van der Waals surface area (Å²) in [7, 11) is 0. The number of piperidine rings is 1. The molecule has 0 bridgehead atoms. The molecule has 0 radical (unpaired) electrons. The molecule has 5 heteroatoms. The molecule has 1 atom stereocenters. The summed E-state index contributed by atoms with van der Waals surface area (Å²) in [5.41, 5.74) is 0.832. The van der Waals surface area contributed by atoms with Crippen LogP contribution < -0.4 is 5.32 Å². The predicted molar refractivity (Wildman–Crippen MR) is 79.9 cm³/mol. The number of hydrogen-bond donors (Lipinski definition) is 2. The Kier molecular flexibility index (Phi) is 4.50. The fourth-order valence-electron chi connectivity index (χ4n) is 2.46. The minimum absolute atomic E-state index is 0.252. The number of urea groups is 1. The third-order valence-corrected chi connectivity index (χ3v) is 4.05. The van der Waals surface area contributed by atoms with Crippen LogP contribution in [0.3, 0.4) is 0 Å². The van der Waals surface area contributed by atoms with E-state index in [2.05, 4.69) is 19.2 Å². The van der Waals surface area contributed by atoms with Gasteiger partial charge in [0, 0.05) is 13.1 Å². The first-order valence-electron chi connectivity index (χ1n) is 7.22. The average molecular weight is 290 g/mol. The third kappa shape index (κ3) is 3.97. The van der Waals surface area contributed by atoms with E-state index in [4.69, 9.17) is 0 Å². The number of carboxylic acids is 1. The van der Waals surface area contributed by atoms with Gasteiger partial charge >= 0.3 is 12.0 Å². The number of rotatable bonds is 3. The summed E-state index contributed by atoms with van der Waals surface area (Å²) in [6, 6.07) is 7.45. The first-order valence-corrected chi connectivity index (χ1v) is 7.22. The van der Waals surface area contributed by atoms with Crippen molar-refractivity contribution in [3.63, 3.8) is 0 Å². The van der Waals surface area contributed by atoms with Crippen LogP contribution in [0.15, 0.2) is 30.3 Å². The average Bonchev–Trinajstić information content (AvgIpc) is 2.45. The normalized spacial score (nSPS) is 18.9. The molecule has 0 unspecified atom stereocenters. The summed E-state index contributed by atoms with van der Waals surface area (Å²) in [5.74, 6) is -1.05. The van der Waals surface area contributed by atoms with Gasteiger partial charge in [-0.3, -0.25) is 0 Å². The second-order valence-corrected chi connectivity index (χ2v) is 6.28. The molecule has 1 fully saturated rings. The van der Waals surface area contributed by atoms with Crippen LogP contribution in [-0.4, -0.2) is 35.1 Å². The van der Waals surface area contributed by atoms with Gasteiger partial charge in [-0.25, -0.2) is 9.59 Å². The van der Waals surface area contributed by atoms with Gasteiger partial charge in [0.25, 0.3) is 0 Å². The Balaban J connectivity index is 2.01. The second kappa shape index (κ2) is 6.16. The number of aliphatic carboxylic acids is 1. The summed E-state index contributed by atoms with van der Waals surface area (Å²) in [5, 5.41) is 11.9. The molecule has 5 nitrogen and oxygen atoms in total. The Bertz CT molecular complexity index is 504. The molecule has 2 N–H and O–H groups in total. The molecule has 1 aromatic rings. The van der Waals surface area contributed by atoms with Crippen molar-refractivity contribution in [3.05, 3.63) is 35.9 Å². The molecular weight excluding hydrogens is 268 g/mol. The van der Waals surface area contributed by atoms with Crippen LogP contribution in [0.2, 0.25) is 0 Å². The molecule has 114 valence electrons. The lowest BCUT2D eigenvalue weighted by Crippen LogP contribution is -2.48.